The van der Waals surface area contributed by atoms with Gasteiger partial charge in [-0.15, -0.1) is 11.8 Å². The van der Waals surface area contributed by atoms with Crippen LogP contribution < -0.4 is 11.1 Å². The molecule has 1 aliphatic rings. The molecule has 3 rings (SSSR count). The summed E-state index contributed by atoms with van der Waals surface area (Å²) in [6, 6.07) is 11.1. The van der Waals surface area contributed by atoms with Crippen molar-refractivity contribution in [2.75, 3.05) is 17.6 Å². The number of carbonyl (C=O) groups excluding carboxylic acids is 3. The summed E-state index contributed by atoms with van der Waals surface area (Å²) in [5, 5.41) is 14.0. The quantitative estimate of drug-likeness (QED) is 0.377. The monoisotopic (exact) mass is 428 g/mol. The Hall–Kier alpha value is -3.40. The van der Waals surface area contributed by atoms with Crippen molar-refractivity contribution in [3.05, 3.63) is 63.7 Å². The summed E-state index contributed by atoms with van der Waals surface area (Å²) < 4.78 is 0. The van der Waals surface area contributed by atoms with Gasteiger partial charge in [-0.2, -0.15) is 0 Å². The van der Waals surface area contributed by atoms with Crippen LogP contribution in [0.15, 0.2) is 47.4 Å². The van der Waals surface area contributed by atoms with Crippen molar-refractivity contribution < 1.29 is 19.3 Å². The number of nitro groups is 1. The number of carbonyl (C=O) groups is 3. The molecule has 0 unspecified atom stereocenters. The number of nitrogens with two attached hydrogens (primary N) is 1. The molecule has 0 aliphatic carbocycles. The summed E-state index contributed by atoms with van der Waals surface area (Å²) in [5.74, 6) is -1.01. The third-order valence-electron chi connectivity index (χ3n) is 4.55. The molecule has 0 saturated carbocycles. The molecule has 9 nitrogen and oxygen atoms in total. The highest BCUT2D eigenvalue weighted by Crippen LogP contribution is 2.30. The zero-order valence-corrected chi connectivity index (χ0v) is 16.8. The Morgan fingerprint density at radius 1 is 1.23 bits per heavy atom. The van der Waals surface area contributed by atoms with Crippen LogP contribution in [0.25, 0.3) is 0 Å². The van der Waals surface area contributed by atoms with Crippen LogP contribution in [0.4, 0.5) is 11.4 Å². The minimum Gasteiger partial charge on any atom is -0.366 e. The second kappa shape index (κ2) is 9.40. The Morgan fingerprint density at radius 3 is 2.70 bits per heavy atom. The molecule has 0 aromatic heterocycles. The van der Waals surface area contributed by atoms with E-state index in [2.05, 4.69) is 5.32 Å². The van der Waals surface area contributed by atoms with Crippen molar-refractivity contribution in [1.29, 1.82) is 0 Å². The fourth-order valence-electron chi connectivity index (χ4n) is 3.11. The van der Waals surface area contributed by atoms with Gasteiger partial charge in [-0.3, -0.25) is 24.5 Å². The maximum atomic E-state index is 12.3. The first-order chi connectivity index (χ1) is 14.3. The Morgan fingerprint density at radius 2 is 2.03 bits per heavy atom. The molecule has 10 heteroatoms. The summed E-state index contributed by atoms with van der Waals surface area (Å²) in [4.78, 5) is 48.0. The smallest absolute Gasteiger partial charge is 0.283 e. The van der Waals surface area contributed by atoms with Crippen molar-refractivity contribution in [3.63, 3.8) is 0 Å². The van der Waals surface area contributed by atoms with Gasteiger partial charge in [-0.05, 0) is 36.2 Å². The second-order valence-corrected chi connectivity index (χ2v) is 7.78. The lowest BCUT2D eigenvalue weighted by atomic mass is 10.2. The average molecular weight is 428 g/mol. The number of thioether (sulfide) groups is 1. The van der Waals surface area contributed by atoms with Crippen molar-refractivity contribution in [1.82, 2.24) is 4.90 Å². The first-order valence-electron chi connectivity index (χ1n) is 9.21. The highest BCUT2D eigenvalue weighted by molar-refractivity contribution is 8.00. The van der Waals surface area contributed by atoms with Gasteiger partial charge in [0.1, 0.15) is 0 Å². The van der Waals surface area contributed by atoms with Crippen molar-refractivity contribution in [2.24, 2.45) is 5.73 Å². The van der Waals surface area contributed by atoms with Crippen molar-refractivity contribution in [3.8, 4) is 0 Å². The van der Waals surface area contributed by atoms with Crippen molar-refractivity contribution >= 4 is 40.9 Å². The van der Waals surface area contributed by atoms with E-state index < -0.39 is 10.8 Å². The Labute approximate surface area is 176 Å². The van der Waals surface area contributed by atoms with E-state index in [0.29, 0.717) is 18.7 Å². The van der Waals surface area contributed by atoms with Crippen LogP contribution in [0.3, 0.4) is 0 Å². The molecule has 2 aromatic rings. The number of nitrogens with zero attached hydrogens (tertiary/aromatic N) is 2. The number of hydrogen-bond acceptors (Lipinski definition) is 6. The Balaban J connectivity index is 1.61. The highest BCUT2D eigenvalue weighted by atomic mass is 32.2. The van der Waals surface area contributed by atoms with Crippen LogP contribution in [-0.2, 0) is 16.1 Å². The number of primary amides is 1. The molecule has 0 radical (unpaired) electrons. The number of benzene rings is 2. The standard InChI is InChI=1S/C20H20N4O5S/c21-20(27)14-6-7-17(16(10-14)24(28)29)30-12-18(25)22-15-4-1-3-13(9-15)11-23-8-2-5-19(23)26/h1,3-4,6-7,9-10H,2,5,8,11-12H2,(H2,21,27)(H,22,25). The summed E-state index contributed by atoms with van der Waals surface area (Å²) in [5.41, 5.74) is 6.41. The summed E-state index contributed by atoms with van der Waals surface area (Å²) in [6.45, 7) is 1.23. The fourth-order valence-corrected chi connectivity index (χ4v) is 3.92. The molecule has 1 saturated heterocycles. The van der Waals surface area contributed by atoms with E-state index >= 15 is 0 Å². The van der Waals surface area contributed by atoms with Gasteiger partial charge in [-0.25, -0.2) is 0 Å². The number of nitrogens with one attached hydrogen (secondary N) is 1. The molecule has 3 N–H and O–H groups in total. The van der Waals surface area contributed by atoms with Crippen LogP contribution in [0, 0.1) is 10.1 Å². The van der Waals surface area contributed by atoms with Crippen LogP contribution in [0.5, 0.6) is 0 Å². The van der Waals surface area contributed by atoms with Gasteiger partial charge < -0.3 is 16.0 Å². The maximum absolute atomic E-state index is 12.3. The highest BCUT2D eigenvalue weighted by Gasteiger charge is 2.20. The molecule has 3 amide bonds. The average Bonchev–Trinajstić information content (AvgIpc) is 3.10. The fraction of sp³-hybridized carbons (Fsp3) is 0.250. The Kier molecular flexibility index (Phi) is 6.68. The lowest BCUT2D eigenvalue weighted by Crippen LogP contribution is -2.23. The number of amides is 3. The molecule has 1 fully saturated rings. The molecule has 0 atom stereocenters. The summed E-state index contributed by atoms with van der Waals surface area (Å²) in [6.07, 6.45) is 1.43. The minimum absolute atomic E-state index is 0.0313. The zero-order chi connectivity index (χ0) is 21.7. The number of likely N-dealkylation sites (tertiary alicyclic amines) is 1. The predicted molar refractivity (Wildman–Crippen MR) is 112 cm³/mol. The van der Waals surface area contributed by atoms with E-state index in [1.807, 2.05) is 6.07 Å². The molecule has 0 spiro atoms. The van der Waals surface area contributed by atoms with Gasteiger partial charge in [0.2, 0.25) is 17.7 Å². The van der Waals surface area contributed by atoms with Gasteiger partial charge in [-0.1, -0.05) is 12.1 Å². The molecule has 0 bridgehead atoms. The molecule has 1 heterocycles. The number of anilines is 1. The topological polar surface area (TPSA) is 136 Å². The lowest BCUT2D eigenvalue weighted by molar-refractivity contribution is -0.387. The maximum Gasteiger partial charge on any atom is 0.283 e. The first-order valence-corrected chi connectivity index (χ1v) is 10.2. The van der Waals surface area contributed by atoms with E-state index in [-0.39, 0.29) is 33.7 Å². The molecule has 2 aromatic carbocycles. The van der Waals surface area contributed by atoms with Crippen LogP contribution in [0.2, 0.25) is 0 Å². The SMILES string of the molecule is NC(=O)c1ccc(SCC(=O)Nc2cccc(CN3CCCC3=O)c2)c([N+](=O)[O-])c1. The van der Waals surface area contributed by atoms with E-state index in [9.17, 15) is 24.5 Å². The molecule has 30 heavy (non-hydrogen) atoms. The number of nitro benzene ring substituents is 1. The van der Waals surface area contributed by atoms with Crippen molar-refractivity contribution in [2.45, 2.75) is 24.3 Å². The molecular formula is C20H20N4O5S. The van der Waals surface area contributed by atoms with Gasteiger partial charge in [0.15, 0.2) is 0 Å². The predicted octanol–water partition coefficient (Wildman–Crippen LogP) is 2.55. The largest absolute Gasteiger partial charge is 0.366 e. The van der Waals surface area contributed by atoms with Gasteiger partial charge in [0.25, 0.3) is 5.69 Å². The first kappa shape index (κ1) is 21.3. The molecular weight excluding hydrogens is 408 g/mol. The summed E-state index contributed by atoms with van der Waals surface area (Å²) >= 11 is 0.995. The third kappa shape index (κ3) is 5.35. The third-order valence-corrected chi connectivity index (χ3v) is 5.62. The van der Waals surface area contributed by atoms with E-state index in [4.69, 9.17) is 5.73 Å². The summed E-state index contributed by atoms with van der Waals surface area (Å²) in [7, 11) is 0. The normalized spacial score (nSPS) is 13.3. The molecule has 1 aliphatic heterocycles. The van der Waals surface area contributed by atoms with Crippen LogP contribution >= 0.6 is 11.8 Å². The van der Waals surface area contributed by atoms with Gasteiger partial charge in [0, 0.05) is 36.8 Å². The van der Waals surface area contributed by atoms with Gasteiger partial charge >= 0.3 is 0 Å². The van der Waals surface area contributed by atoms with Gasteiger partial charge in [0.05, 0.1) is 15.6 Å². The van der Waals surface area contributed by atoms with E-state index in [0.717, 1.165) is 36.4 Å². The number of hydrogen-bond donors (Lipinski definition) is 2. The molecule has 156 valence electrons. The Bertz CT molecular complexity index is 1010. The lowest BCUT2D eigenvalue weighted by Gasteiger charge is -2.16. The number of rotatable bonds is 8. The zero-order valence-electron chi connectivity index (χ0n) is 16.0. The minimum atomic E-state index is -0.761. The van der Waals surface area contributed by atoms with Crippen LogP contribution in [0.1, 0.15) is 28.8 Å². The second-order valence-electron chi connectivity index (χ2n) is 6.76. The van der Waals surface area contributed by atoms with Crippen LogP contribution in [-0.4, -0.2) is 39.8 Å². The van der Waals surface area contributed by atoms with E-state index in [1.165, 1.54) is 12.1 Å². The van der Waals surface area contributed by atoms with E-state index in [1.54, 1.807) is 23.1 Å².